The molecule has 0 fully saturated rings. The molecular weight excluding hydrogens is 522 g/mol. The maximum atomic E-state index is 14.8. The van der Waals surface area contributed by atoms with E-state index in [1.807, 2.05) is 24.4 Å². The number of aliphatic carboxylic acids is 1. The summed E-state index contributed by atoms with van der Waals surface area (Å²) in [5.74, 6) is -4.36. The molecule has 0 saturated carbocycles. The van der Waals surface area contributed by atoms with Crippen LogP contribution in [0.25, 0.3) is 20.8 Å². The fourth-order valence-electron chi connectivity index (χ4n) is 3.88. The van der Waals surface area contributed by atoms with Gasteiger partial charge in [0.1, 0.15) is 5.75 Å². The molecule has 38 heavy (non-hydrogen) atoms. The van der Waals surface area contributed by atoms with E-state index in [-0.39, 0.29) is 11.3 Å². The van der Waals surface area contributed by atoms with Crippen LogP contribution in [0.5, 0.6) is 11.5 Å². The van der Waals surface area contributed by atoms with Crippen LogP contribution >= 0.6 is 11.3 Å². The molecule has 4 rings (SSSR count). The van der Waals surface area contributed by atoms with Crippen molar-refractivity contribution in [2.75, 3.05) is 6.54 Å². The van der Waals surface area contributed by atoms with Crippen LogP contribution in [-0.2, 0) is 17.8 Å². The maximum absolute atomic E-state index is 14.8. The van der Waals surface area contributed by atoms with Crippen molar-refractivity contribution >= 4 is 27.5 Å². The Morgan fingerprint density at radius 2 is 1.89 bits per heavy atom. The van der Waals surface area contributed by atoms with Crippen LogP contribution < -0.4 is 10.1 Å². The Kier molecular flexibility index (Phi) is 8.58. The molecule has 1 aromatic carbocycles. The average molecular weight is 548 g/mol. The highest BCUT2D eigenvalue weighted by Gasteiger charge is 2.40. The Morgan fingerprint density at radius 1 is 1.11 bits per heavy atom. The maximum Gasteiger partial charge on any atom is 0.392 e. The minimum absolute atomic E-state index is 0.0242. The molecule has 0 aliphatic carbocycles. The highest BCUT2D eigenvalue weighted by Crippen LogP contribution is 2.39. The first kappa shape index (κ1) is 27.5. The summed E-state index contributed by atoms with van der Waals surface area (Å²) in [7, 11) is 0. The van der Waals surface area contributed by atoms with Gasteiger partial charge in [-0.1, -0.05) is 19.1 Å². The van der Waals surface area contributed by atoms with E-state index in [4.69, 9.17) is 9.84 Å². The predicted molar refractivity (Wildman–Crippen MR) is 137 cm³/mol. The molecule has 0 bridgehead atoms. The van der Waals surface area contributed by atoms with Gasteiger partial charge in [-0.2, -0.15) is 13.2 Å². The quantitative estimate of drug-likeness (QED) is 0.156. The lowest BCUT2D eigenvalue weighted by Gasteiger charge is -2.18. The SMILES string of the molecule is CCCNCc1ccc(-c2cc3nccc(Oc4ccc(CC(CC(=O)O)C(F)(F)F)cc4F)c3s2)nc1. The third kappa shape index (κ3) is 6.84. The number of carboxylic acids is 1. The van der Waals surface area contributed by atoms with Gasteiger partial charge in [0.05, 0.1) is 33.1 Å². The topological polar surface area (TPSA) is 84.3 Å². The Bertz CT molecular complexity index is 1410. The summed E-state index contributed by atoms with van der Waals surface area (Å²) >= 11 is 1.38. The lowest BCUT2D eigenvalue weighted by atomic mass is 9.95. The molecular formula is C27H25F4N3O3S. The molecule has 3 aromatic heterocycles. The third-order valence-corrected chi connectivity index (χ3v) is 6.95. The summed E-state index contributed by atoms with van der Waals surface area (Å²) in [5, 5.41) is 12.1. The van der Waals surface area contributed by atoms with Crippen molar-refractivity contribution in [2.24, 2.45) is 5.92 Å². The molecule has 2 N–H and O–H groups in total. The number of alkyl halides is 3. The van der Waals surface area contributed by atoms with Crippen LogP contribution in [0.15, 0.2) is 54.9 Å². The molecule has 200 valence electrons. The van der Waals surface area contributed by atoms with Gasteiger partial charge in [-0.25, -0.2) is 4.39 Å². The van der Waals surface area contributed by atoms with E-state index in [1.165, 1.54) is 29.7 Å². The zero-order valence-electron chi connectivity index (χ0n) is 20.4. The molecule has 1 atom stereocenters. The smallest absolute Gasteiger partial charge is 0.392 e. The van der Waals surface area contributed by atoms with Gasteiger partial charge in [0, 0.05) is 25.0 Å². The fraction of sp³-hybridized carbons (Fsp3) is 0.296. The van der Waals surface area contributed by atoms with Gasteiger partial charge in [-0.15, -0.1) is 11.3 Å². The van der Waals surface area contributed by atoms with Crippen molar-refractivity contribution in [1.29, 1.82) is 0 Å². The Hall–Kier alpha value is -3.57. The highest BCUT2D eigenvalue weighted by molar-refractivity contribution is 7.22. The van der Waals surface area contributed by atoms with Crippen molar-refractivity contribution in [3.63, 3.8) is 0 Å². The number of halogens is 4. The lowest BCUT2D eigenvalue weighted by Crippen LogP contribution is -2.27. The molecule has 0 aliphatic heterocycles. The molecule has 0 spiro atoms. The number of fused-ring (bicyclic) bond motifs is 1. The minimum atomic E-state index is -4.72. The van der Waals surface area contributed by atoms with Gasteiger partial charge in [0.25, 0.3) is 0 Å². The second-order valence-electron chi connectivity index (χ2n) is 8.77. The standard InChI is InChI=1S/C27H25F4N3O3S/c1-2-8-32-14-17-3-5-20(34-15-17)24-13-21-26(38-24)23(7-9-33-21)37-22-6-4-16(11-19(22)28)10-18(12-25(35)36)27(29,30)31/h3-7,9,11,13,15,18,32H,2,8,10,12,14H2,1H3,(H,35,36). The number of thiophene rings is 1. The van der Waals surface area contributed by atoms with Crippen LogP contribution in [-0.4, -0.2) is 33.8 Å². The van der Waals surface area contributed by atoms with Crippen LogP contribution in [0.3, 0.4) is 0 Å². The number of aromatic nitrogens is 2. The number of ether oxygens (including phenoxy) is 1. The molecule has 0 amide bonds. The Labute approximate surface area is 220 Å². The number of carboxylic acid groups (broad SMARTS) is 1. The first-order valence-corrected chi connectivity index (χ1v) is 12.7. The van der Waals surface area contributed by atoms with E-state index in [0.717, 1.165) is 41.7 Å². The van der Waals surface area contributed by atoms with Crippen molar-refractivity contribution in [2.45, 2.75) is 38.9 Å². The Morgan fingerprint density at radius 3 is 2.55 bits per heavy atom. The zero-order chi connectivity index (χ0) is 27.3. The molecule has 0 aliphatic rings. The number of rotatable bonds is 11. The van der Waals surface area contributed by atoms with E-state index in [2.05, 4.69) is 22.2 Å². The monoisotopic (exact) mass is 547 g/mol. The first-order valence-electron chi connectivity index (χ1n) is 11.9. The number of pyridine rings is 2. The summed E-state index contributed by atoms with van der Waals surface area (Å²) in [6.07, 6.45) is -2.08. The van der Waals surface area contributed by atoms with E-state index in [1.54, 1.807) is 6.07 Å². The molecule has 11 heteroatoms. The van der Waals surface area contributed by atoms with Crippen molar-refractivity contribution in [3.05, 3.63) is 71.8 Å². The normalized spacial score (nSPS) is 12.6. The molecule has 0 saturated heterocycles. The first-order chi connectivity index (χ1) is 18.1. The molecule has 3 heterocycles. The van der Waals surface area contributed by atoms with Gasteiger partial charge < -0.3 is 15.2 Å². The number of carbonyl (C=O) groups is 1. The van der Waals surface area contributed by atoms with E-state index in [0.29, 0.717) is 16.0 Å². The van der Waals surface area contributed by atoms with Gasteiger partial charge in [-0.3, -0.25) is 14.8 Å². The number of hydrogen-bond donors (Lipinski definition) is 2. The zero-order valence-corrected chi connectivity index (χ0v) is 21.2. The van der Waals surface area contributed by atoms with Crippen LogP contribution in [0.2, 0.25) is 0 Å². The summed E-state index contributed by atoms with van der Waals surface area (Å²) in [6, 6.07) is 10.9. The summed E-state index contributed by atoms with van der Waals surface area (Å²) in [6.45, 7) is 3.76. The highest BCUT2D eigenvalue weighted by atomic mass is 32.1. The summed E-state index contributed by atoms with van der Waals surface area (Å²) < 4.78 is 60.9. The largest absolute Gasteiger partial charge is 0.481 e. The minimum Gasteiger partial charge on any atom is -0.481 e. The number of benzene rings is 1. The molecule has 4 aromatic rings. The average Bonchev–Trinajstić information content (AvgIpc) is 3.30. The van der Waals surface area contributed by atoms with Crippen LogP contribution in [0.4, 0.5) is 17.6 Å². The summed E-state index contributed by atoms with van der Waals surface area (Å²) in [5.41, 5.74) is 2.48. The van der Waals surface area contributed by atoms with E-state index >= 15 is 0 Å². The van der Waals surface area contributed by atoms with Crippen LogP contribution in [0, 0.1) is 11.7 Å². The molecule has 1 unspecified atom stereocenters. The van der Waals surface area contributed by atoms with E-state index < -0.39 is 36.7 Å². The fourth-order valence-corrected chi connectivity index (χ4v) is 4.92. The van der Waals surface area contributed by atoms with E-state index in [9.17, 15) is 22.4 Å². The van der Waals surface area contributed by atoms with Crippen molar-refractivity contribution < 1.29 is 32.2 Å². The van der Waals surface area contributed by atoms with Crippen LogP contribution in [0.1, 0.15) is 30.9 Å². The molecule has 0 radical (unpaired) electrons. The number of nitrogens with one attached hydrogen (secondary N) is 1. The number of hydrogen-bond acceptors (Lipinski definition) is 6. The lowest BCUT2D eigenvalue weighted by molar-refractivity contribution is -0.182. The summed E-state index contributed by atoms with van der Waals surface area (Å²) in [4.78, 5) is 20.6. The predicted octanol–water partition coefficient (Wildman–Crippen LogP) is 6.99. The van der Waals surface area contributed by atoms with Gasteiger partial charge >= 0.3 is 12.1 Å². The number of nitrogens with zero attached hydrogens (tertiary/aromatic N) is 2. The second kappa shape index (κ2) is 11.9. The van der Waals surface area contributed by atoms with Gasteiger partial charge in [0.2, 0.25) is 0 Å². The van der Waals surface area contributed by atoms with Gasteiger partial charge in [0.15, 0.2) is 11.6 Å². The second-order valence-corrected chi connectivity index (χ2v) is 9.82. The third-order valence-electron chi connectivity index (χ3n) is 5.79. The van der Waals surface area contributed by atoms with Crippen molar-refractivity contribution in [3.8, 4) is 22.1 Å². The van der Waals surface area contributed by atoms with Gasteiger partial charge in [-0.05, 0) is 54.8 Å². The molecule has 6 nitrogen and oxygen atoms in total. The van der Waals surface area contributed by atoms with Crippen molar-refractivity contribution in [1.82, 2.24) is 15.3 Å². The Balaban J connectivity index is 1.52.